The smallest absolute Gasteiger partial charge is 0.127 e. The maximum Gasteiger partial charge on any atom is 0.127 e. The number of fused-ring (bicyclic) bond motifs is 4. The molecule has 0 N–H and O–H groups in total. The van der Waals surface area contributed by atoms with Crippen LogP contribution in [0, 0.1) is 11.3 Å². The Bertz CT molecular complexity index is 1000. The SMILES string of the molecule is N#CC1(c2ncnc3sc4c(c23)CCC4)CCc2ncncc2C1. The normalized spacial score (nSPS) is 22.1. The first-order chi connectivity index (χ1) is 11.8. The minimum Gasteiger partial charge on any atom is -0.245 e. The van der Waals surface area contributed by atoms with Gasteiger partial charge < -0.3 is 0 Å². The van der Waals surface area contributed by atoms with Crippen molar-refractivity contribution in [1.29, 1.82) is 5.26 Å². The Kier molecular flexibility index (Phi) is 2.95. The summed E-state index contributed by atoms with van der Waals surface area (Å²) in [5.41, 5.74) is 3.84. The van der Waals surface area contributed by atoms with Gasteiger partial charge in [0.1, 0.15) is 22.9 Å². The average Bonchev–Trinajstić information content (AvgIpc) is 3.22. The van der Waals surface area contributed by atoms with E-state index in [1.807, 2.05) is 6.20 Å². The third-order valence-corrected chi connectivity index (χ3v) is 6.53. The Balaban J connectivity index is 1.73. The van der Waals surface area contributed by atoms with Crippen LogP contribution in [0.5, 0.6) is 0 Å². The quantitative estimate of drug-likeness (QED) is 0.684. The van der Waals surface area contributed by atoms with E-state index in [1.165, 1.54) is 16.9 Å². The van der Waals surface area contributed by atoms with E-state index in [9.17, 15) is 5.26 Å². The van der Waals surface area contributed by atoms with Crippen LogP contribution in [0.3, 0.4) is 0 Å². The van der Waals surface area contributed by atoms with Crippen LogP contribution >= 0.6 is 11.3 Å². The molecule has 0 aliphatic heterocycles. The summed E-state index contributed by atoms with van der Waals surface area (Å²) in [6, 6.07) is 2.61. The lowest BCUT2D eigenvalue weighted by atomic mass is 9.71. The minimum absolute atomic E-state index is 0.601. The van der Waals surface area contributed by atoms with Gasteiger partial charge in [-0.1, -0.05) is 0 Å². The summed E-state index contributed by atoms with van der Waals surface area (Å²) >= 11 is 1.77. The van der Waals surface area contributed by atoms with Gasteiger partial charge in [0, 0.05) is 28.6 Å². The highest BCUT2D eigenvalue weighted by Crippen LogP contribution is 2.44. The first-order valence-electron chi connectivity index (χ1n) is 8.25. The molecule has 0 spiro atoms. The zero-order valence-electron chi connectivity index (χ0n) is 13.1. The van der Waals surface area contributed by atoms with Crippen molar-refractivity contribution in [2.24, 2.45) is 0 Å². The summed E-state index contributed by atoms with van der Waals surface area (Å²) in [5, 5.41) is 11.3. The second-order valence-corrected chi connectivity index (χ2v) is 7.71. The molecule has 0 amide bonds. The molecule has 3 aromatic rings. The number of aryl methyl sites for hydroxylation is 3. The van der Waals surface area contributed by atoms with Gasteiger partial charge in [-0.2, -0.15) is 5.26 Å². The van der Waals surface area contributed by atoms with E-state index in [-0.39, 0.29) is 0 Å². The Morgan fingerprint density at radius 1 is 1.12 bits per heavy atom. The van der Waals surface area contributed by atoms with Gasteiger partial charge in [-0.15, -0.1) is 11.3 Å². The molecule has 3 aromatic heterocycles. The van der Waals surface area contributed by atoms with Crippen molar-refractivity contribution in [2.75, 3.05) is 0 Å². The maximum atomic E-state index is 10.1. The minimum atomic E-state index is -0.601. The number of rotatable bonds is 1. The average molecular weight is 333 g/mol. The molecule has 1 atom stereocenters. The molecule has 2 aliphatic rings. The fourth-order valence-electron chi connectivity index (χ4n) is 4.14. The first-order valence-corrected chi connectivity index (χ1v) is 9.07. The van der Waals surface area contributed by atoms with Crippen molar-refractivity contribution in [1.82, 2.24) is 19.9 Å². The number of thiophene rings is 1. The van der Waals surface area contributed by atoms with Gasteiger partial charge in [-0.3, -0.25) is 0 Å². The molecule has 0 saturated carbocycles. The van der Waals surface area contributed by atoms with Gasteiger partial charge in [-0.25, -0.2) is 19.9 Å². The number of hydrogen-bond acceptors (Lipinski definition) is 6. The summed E-state index contributed by atoms with van der Waals surface area (Å²) in [5.74, 6) is 0. The second kappa shape index (κ2) is 5.05. The van der Waals surface area contributed by atoms with E-state index >= 15 is 0 Å². The lowest BCUT2D eigenvalue weighted by Crippen LogP contribution is -2.33. The molecule has 0 radical (unpaired) electrons. The van der Waals surface area contributed by atoms with E-state index in [2.05, 4.69) is 26.0 Å². The summed E-state index contributed by atoms with van der Waals surface area (Å²) in [7, 11) is 0. The van der Waals surface area contributed by atoms with Gasteiger partial charge in [0.05, 0.1) is 11.8 Å². The molecule has 0 aromatic carbocycles. The number of hydrogen-bond donors (Lipinski definition) is 0. The van der Waals surface area contributed by atoms with Gasteiger partial charge in [0.2, 0.25) is 0 Å². The van der Waals surface area contributed by atoms with Crippen LogP contribution in [0.2, 0.25) is 0 Å². The fraction of sp³-hybridized carbons (Fsp3) is 0.389. The predicted molar refractivity (Wildman–Crippen MR) is 90.8 cm³/mol. The molecule has 1 unspecified atom stereocenters. The molecular weight excluding hydrogens is 318 g/mol. The molecule has 118 valence electrons. The topological polar surface area (TPSA) is 75.3 Å². The Hall–Kier alpha value is -2.39. The molecular formula is C18H15N5S. The largest absolute Gasteiger partial charge is 0.245 e. The number of nitrogens with zero attached hydrogens (tertiary/aromatic N) is 5. The molecule has 24 heavy (non-hydrogen) atoms. The van der Waals surface area contributed by atoms with E-state index in [1.54, 1.807) is 24.0 Å². The Morgan fingerprint density at radius 2 is 2.08 bits per heavy atom. The van der Waals surface area contributed by atoms with Crippen LogP contribution in [0.4, 0.5) is 0 Å². The summed E-state index contributed by atoms with van der Waals surface area (Å²) < 4.78 is 0. The molecule has 5 nitrogen and oxygen atoms in total. The standard InChI is InChI=1S/C18H15N5S/c19-8-18(5-4-13-11(6-18)7-20-9-21-13)16-15-12-2-1-3-14(12)24-17(15)23-10-22-16/h7,9-10H,1-6H2. The summed E-state index contributed by atoms with van der Waals surface area (Å²) in [4.78, 5) is 20.1. The van der Waals surface area contributed by atoms with Crippen LogP contribution in [0.25, 0.3) is 10.2 Å². The fourth-order valence-corrected chi connectivity index (χ4v) is 5.37. The van der Waals surface area contributed by atoms with E-state index in [0.717, 1.165) is 52.9 Å². The van der Waals surface area contributed by atoms with E-state index in [0.29, 0.717) is 6.42 Å². The van der Waals surface area contributed by atoms with E-state index < -0.39 is 5.41 Å². The van der Waals surface area contributed by atoms with Crippen molar-refractivity contribution in [3.8, 4) is 6.07 Å². The molecule has 0 saturated heterocycles. The second-order valence-electron chi connectivity index (χ2n) is 6.63. The summed E-state index contributed by atoms with van der Waals surface area (Å²) in [6.07, 6.45) is 10.7. The molecule has 0 fully saturated rings. The molecule has 5 rings (SSSR count). The Morgan fingerprint density at radius 3 is 3.00 bits per heavy atom. The molecule has 6 heteroatoms. The van der Waals surface area contributed by atoms with Gasteiger partial charge >= 0.3 is 0 Å². The maximum absolute atomic E-state index is 10.1. The van der Waals surface area contributed by atoms with Gasteiger partial charge in [-0.05, 0) is 43.2 Å². The predicted octanol–water partition coefficient (Wildman–Crippen LogP) is 2.92. The van der Waals surface area contributed by atoms with Crippen LogP contribution in [-0.2, 0) is 31.1 Å². The lowest BCUT2D eigenvalue weighted by Gasteiger charge is -2.31. The van der Waals surface area contributed by atoms with Crippen molar-refractivity contribution in [3.63, 3.8) is 0 Å². The van der Waals surface area contributed by atoms with Crippen LogP contribution < -0.4 is 0 Å². The number of aromatic nitrogens is 4. The zero-order chi connectivity index (χ0) is 16.1. The van der Waals surface area contributed by atoms with E-state index in [4.69, 9.17) is 0 Å². The van der Waals surface area contributed by atoms with Gasteiger partial charge in [0.15, 0.2) is 0 Å². The highest BCUT2D eigenvalue weighted by Gasteiger charge is 2.41. The van der Waals surface area contributed by atoms with Crippen LogP contribution in [0.15, 0.2) is 18.9 Å². The lowest BCUT2D eigenvalue weighted by molar-refractivity contribution is 0.456. The van der Waals surface area contributed by atoms with Gasteiger partial charge in [0.25, 0.3) is 0 Å². The van der Waals surface area contributed by atoms with Crippen LogP contribution in [0.1, 0.15) is 40.2 Å². The third kappa shape index (κ3) is 1.85. The first kappa shape index (κ1) is 14.0. The highest BCUT2D eigenvalue weighted by atomic mass is 32.1. The zero-order valence-corrected chi connectivity index (χ0v) is 13.9. The van der Waals surface area contributed by atoms with Crippen molar-refractivity contribution < 1.29 is 0 Å². The van der Waals surface area contributed by atoms with Crippen LogP contribution in [-0.4, -0.2) is 19.9 Å². The molecule has 3 heterocycles. The molecule has 0 bridgehead atoms. The monoisotopic (exact) mass is 333 g/mol. The van der Waals surface area contributed by atoms with Crippen molar-refractivity contribution >= 4 is 21.6 Å². The van der Waals surface area contributed by atoms with Crippen molar-refractivity contribution in [3.05, 3.63) is 46.2 Å². The third-order valence-electron chi connectivity index (χ3n) is 5.33. The van der Waals surface area contributed by atoms with Crippen molar-refractivity contribution in [2.45, 2.75) is 43.9 Å². The Labute approximate surface area is 143 Å². The summed E-state index contributed by atoms with van der Waals surface area (Å²) in [6.45, 7) is 0. The molecule has 2 aliphatic carbocycles. The number of nitriles is 1. The highest BCUT2D eigenvalue weighted by molar-refractivity contribution is 7.18.